The molecule has 0 aliphatic carbocycles. The van der Waals surface area contributed by atoms with Gasteiger partial charge in [0.2, 0.25) is 5.76 Å². The molecule has 0 radical (unpaired) electrons. The molecule has 0 saturated heterocycles. The van der Waals surface area contributed by atoms with Gasteiger partial charge in [-0.15, -0.1) is 0 Å². The highest BCUT2D eigenvalue weighted by molar-refractivity contribution is 9.10. The lowest BCUT2D eigenvalue weighted by molar-refractivity contribution is 0.0969. The summed E-state index contributed by atoms with van der Waals surface area (Å²) in [5.41, 5.74) is 1.09. The molecule has 1 atom stereocenters. The van der Waals surface area contributed by atoms with Crippen LogP contribution in [0.15, 0.2) is 66.7 Å². The topological polar surface area (TPSA) is 85.8 Å². The van der Waals surface area contributed by atoms with Gasteiger partial charge in [-0.3, -0.25) is 14.5 Å². The van der Waals surface area contributed by atoms with Crippen molar-refractivity contribution in [1.29, 1.82) is 0 Å². The SMILES string of the molecule is COc1ccc([C@@H]2c3c(oc4ccc(Br)cc4c3=O)C(=O)N2c2cc(C)on2)cc1. The molecule has 0 bridgehead atoms. The van der Waals surface area contributed by atoms with E-state index in [0.717, 1.165) is 10.0 Å². The number of ether oxygens (including phenoxy) is 1. The number of hydrogen-bond donors (Lipinski definition) is 0. The van der Waals surface area contributed by atoms with Gasteiger partial charge in [0.1, 0.15) is 17.1 Å². The van der Waals surface area contributed by atoms with E-state index < -0.39 is 11.9 Å². The summed E-state index contributed by atoms with van der Waals surface area (Å²) >= 11 is 3.39. The smallest absolute Gasteiger partial charge is 0.296 e. The summed E-state index contributed by atoms with van der Waals surface area (Å²) in [5.74, 6) is 1.10. The van der Waals surface area contributed by atoms with Crippen molar-refractivity contribution in [1.82, 2.24) is 5.16 Å². The van der Waals surface area contributed by atoms with Gasteiger partial charge in [-0.2, -0.15) is 0 Å². The molecule has 7 nitrogen and oxygen atoms in total. The number of rotatable bonds is 3. The van der Waals surface area contributed by atoms with E-state index in [-0.39, 0.29) is 16.8 Å². The van der Waals surface area contributed by atoms with Gasteiger partial charge in [-0.1, -0.05) is 33.2 Å². The lowest BCUT2D eigenvalue weighted by atomic mass is 9.98. The first-order valence-electron chi connectivity index (χ1n) is 9.15. The highest BCUT2D eigenvalue weighted by Gasteiger charge is 2.44. The van der Waals surface area contributed by atoms with Gasteiger partial charge in [-0.25, -0.2) is 0 Å². The fourth-order valence-corrected chi connectivity index (χ4v) is 4.11. The van der Waals surface area contributed by atoms with E-state index in [4.69, 9.17) is 13.7 Å². The third kappa shape index (κ3) is 2.75. The molecule has 0 N–H and O–H groups in total. The quantitative estimate of drug-likeness (QED) is 0.438. The molecule has 2 aromatic heterocycles. The van der Waals surface area contributed by atoms with Crippen LogP contribution in [0.4, 0.5) is 5.82 Å². The number of amides is 1. The third-order valence-corrected chi connectivity index (χ3v) is 5.62. The molecule has 8 heteroatoms. The van der Waals surface area contributed by atoms with Crippen LogP contribution in [0.1, 0.15) is 33.5 Å². The highest BCUT2D eigenvalue weighted by Crippen LogP contribution is 2.41. The molecule has 30 heavy (non-hydrogen) atoms. The number of methoxy groups -OCH3 is 1. The number of hydrogen-bond acceptors (Lipinski definition) is 6. The van der Waals surface area contributed by atoms with Gasteiger partial charge in [0, 0.05) is 10.5 Å². The van der Waals surface area contributed by atoms with Crippen molar-refractivity contribution in [3.8, 4) is 5.75 Å². The van der Waals surface area contributed by atoms with Crippen LogP contribution in [0.3, 0.4) is 0 Å². The van der Waals surface area contributed by atoms with Gasteiger partial charge in [0.05, 0.1) is 24.1 Å². The number of carbonyl (C=O) groups excluding carboxylic acids is 1. The lowest BCUT2D eigenvalue weighted by Crippen LogP contribution is -2.29. The molecule has 1 amide bonds. The van der Waals surface area contributed by atoms with E-state index in [9.17, 15) is 9.59 Å². The first-order chi connectivity index (χ1) is 14.5. The second kappa shape index (κ2) is 6.84. The zero-order valence-corrected chi connectivity index (χ0v) is 17.6. The fraction of sp³-hybridized carbons (Fsp3) is 0.136. The zero-order valence-electron chi connectivity index (χ0n) is 16.0. The van der Waals surface area contributed by atoms with Crippen molar-refractivity contribution in [2.24, 2.45) is 0 Å². The van der Waals surface area contributed by atoms with Crippen molar-refractivity contribution in [3.05, 3.63) is 85.9 Å². The Morgan fingerprint density at radius 3 is 2.53 bits per heavy atom. The number of carbonyl (C=O) groups is 1. The molecular formula is C22H15BrN2O5. The summed E-state index contributed by atoms with van der Waals surface area (Å²) in [4.78, 5) is 28.3. The molecule has 150 valence electrons. The van der Waals surface area contributed by atoms with E-state index in [1.807, 2.05) is 12.1 Å². The summed E-state index contributed by atoms with van der Waals surface area (Å²) in [6.45, 7) is 1.74. The Morgan fingerprint density at radius 1 is 1.10 bits per heavy atom. The van der Waals surface area contributed by atoms with Gasteiger partial charge in [0.25, 0.3) is 5.91 Å². The minimum Gasteiger partial charge on any atom is -0.497 e. The maximum absolute atomic E-state index is 13.5. The summed E-state index contributed by atoms with van der Waals surface area (Å²) < 4.78 is 17.1. The molecule has 3 heterocycles. The minimum atomic E-state index is -0.706. The lowest BCUT2D eigenvalue weighted by Gasteiger charge is -2.22. The standard InChI is InChI=1S/C22H15BrN2O5/c1-11-9-17(24-30-11)25-19(12-3-6-14(28-2)7-4-12)18-20(26)15-10-13(23)5-8-16(15)29-21(18)22(25)27/h3-10,19H,1-2H3/t19-/m1/s1. The van der Waals surface area contributed by atoms with Crippen molar-refractivity contribution in [2.45, 2.75) is 13.0 Å². The minimum absolute atomic E-state index is 0.0105. The molecule has 0 spiro atoms. The number of nitrogens with zero attached hydrogens (tertiary/aromatic N) is 2. The Labute approximate surface area is 179 Å². The van der Waals surface area contributed by atoms with Crippen molar-refractivity contribution < 1.29 is 18.5 Å². The Morgan fingerprint density at radius 2 is 1.87 bits per heavy atom. The van der Waals surface area contributed by atoms with Crippen LogP contribution < -0.4 is 15.1 Å². The van der Waals surface area contributed by atoms with Crippen LogP contribution in [0, 0.1) is 6.92 Å². The number of benzene rings is 2. The van der Waals surface area contributed by atoms with Crippen LogP contribution in [-0.2, 0) is 0 Å². The second-order valence-electron chi connectivity index (χ2n) is 6.96. The molecule has 1 aliphatic rings. The molecule has 5 rings (SSSR count). The number of fused-ring (bicyclic) bond motifs is 2. The predicted octanol–water partition coefficient (Wildman–Crippen LogP) is 4.61. The highest BCUT2D eigenvalue weighted by atomic mass is 79.9. The number of aryl methyl sites for hydroxylation is 1. The van der Waals surface area contributed by atoms with E-state index in [2.05, 4.69) is 21.1 Å². The average molecular weight is 467 g/mol. The molecule has 2 aromatic carbocycles. The van der Waals surface area contributed by atoms with Gasteiger partial charge < -0.3 is 13.7 Å². The van der Waals surface area contributed by atoms with Crippen molar-refractivity contribution in [2.75, 3.05) is 12.0 Å². The Balaban J connectivity index is 1.80. The Hall–Kier alpha value is -3.39. The van der Waals surface area contributed by atoms with E-state index in [0.29, 0.717) is 28.3 Å². The first kappa shape index (κ1) is 18.6. The zero-order chi connectivity index (χ0) is 21.0. The van der Waals surface area contributed by atoms with Crippen LogP contribution in [0.2, 0.25) is 0 Å². The molecule has 1 aliphatic heterocycles. The Bertz CT molecular complexity index is 1360. The molecule has 0 fully saturated rings. The van der Waals surface area contributed by atoms with Gasteiger partial charge in [0.15, 0.2) is 11.2 Å². The van der Waals surface area contributed by atoms with Crippen LogP contribution in [0.25, 0.3) is 11.0 Å². The van der Waals surface area contributed by atoms with Crippen molar-refractivity contribution >= 4 is 38.6 Å². The van der Waals surface area contributed by atoms with Crippen LogP contribution >= 0.6 is 15.9 Å². The summed E-state index contributed by atoms with van der Waals surface area (Å²) in [6.07, 6.45) is 0. The number of halogens is 1. The number of aromatic nitrogens is 1. The van der Waals surface area contributed by atoms with Gasteiger partial charge in [-0.05, 0) is 42.8 Å². The summed E-state index contributed by atoms with van der Waals surface area (Å²) in [6, 6.07) is 13.3. The monoisotopic (exact) mass is 466 g/mol. The maximum atomic E-state index is 13.5. The van der Waals surface area contributed by atoms with Crippen LogP contribution in [0.5, 0.6) is 5.75 Å². The van der Waals surface area contributed by atoms with Gasteiger partial charge >= 0.3 is 0 Å². The van der Waals surface area contributed by atoms with Crippen molar-refractivity contribution in [3.63, 3.8) is 0 Å². The maximum Gasteiger partial charge on any atom is 0.296 e. The first-order valence-corrected chi connectivity index (χ1v) is 9.94. The second-order valence-corrected chi connectivity index (χ2v) is 7.88. The van der Waals surface area contributed by atoms with E-state index in [1.165, 1.54) is 4.90 Å². The number of anilines is 1. The normalized spacial score (nSPS) is 15.6. The van der Waals surface area contributed by atoms with E-state index in [1.54, 1.807) is 50.4 Å². The third-order valence-electron chi connectivity index (χ3n) is 5.13. The summed E-state index contributed by atoms with van der Waals surface area (Å²) in [5, 5.41) is 4.40. The average Bonchev–Trinajstić information content (AvgIpc) is 3.30. The van der Waals surface area contributed by atoms with Crippen LogP contribution in [-0.4, -0.2) is 18.2 Å². The molecular weight excluding hydrogens is 452 g/mol. The molecule has 0 unspecified atom stereocenters. The fourth-order valence-electron chi connectivity index (χ4n) is 3.75. The summed E-state index contributed by atoms with van der Waals surface area (Å²) in [7, 11) is 1.58. The Kier molecular flexibility index (Phi) is 4.25. The molecule has 0 saturated carbocycles. The molecule has 4 aromatic rings. The largest absolute Gasteiger partial charge is 0.497 e. The van der Waals surface area contributed by atoms with E-state index >= 15 is 0 Å². The predicted molar refractivity (Wildman–Crippen MR) is 113 cm³/mol.